The molecule has 1 heterocycles. The van der Waals surface area contributed by atoms with Crippen LogP contribution < -0.4 is 14.9 Å². The monoisotopic (exact) mass is 338 g/mol. The summed E-state index contributed by atoms with van der Waals surface area (Å²) >= 11 is 0. The van der Waals surface area contributed by atoms with Gasteiger partial charge in [0.05, 0.1) is 6.21 Å². The molecule has 0 atom stereocenters. The van der Waals surface area contributed by atoms with Crippen molar-refractivity contribution in [2.24, 2.45) is 5.10 Å². The zero-order valence-corrected chi connectivity index (χ0v) is 13.5. The van der Waals surface area contributed by atoms with Crippen LogP contribution in [0.4, 0.5) is 0 Å². The molecule has 3 rings (SSSR count). The van der Waals surface area contributed by atoms with Crippen LogP contribution in [-0.4, -0.2) is 30.6 Å². The molecule has 0 saturated heterocycles. The lowest BCUT2D eigenvalue weighted by molar-refractivity contribution is -0.117. The van der Waals surface area contributed by atoms with Crippen LogP contribution in [0.2, 0.25) is 0 Å². The van der Waals surface area contributed by atoms with Crippen LogP contribution in [-0.2, 0) is 4.79 Å². The van der Waals surface area contributed by atoms with Gasteiger partial charge in [0.25, 0.3) is 5.91 Å². The maximum absolute atomic E-state index is 12.3. The maximum atomic E-state index is 12.3. The molecule has 0 unspecified atom stereocenters. The molecule has 0 aromatic heterocycles. The van der Waals surface area contributed by atoms with Crippen LogP contribution in [0.15, 0.2) is 59.2 Å². The Bertz CT molecular complexity index is 800. The van der Waals surface area contributed by atoms with Crippen LogP contribution in [0.5, 0.6) is 11.5 Å². The highest BCUT2D eigenvalue weighted by Crippen LogP contribution is 2.31. The van der Waals surface area contributed by atoms with Gasteiger partial charge in [-0.25, -0.2) is 5.43 Å². The molecular formula is C19H18N2O4. The minimum Gasteiger partial charge on any atom is -0.454 e. The third-order valence-corrected chi connectivity index (χ3v) is 3.59. The van der Waals surface area contributed by atoms with Gasteiger partial charge in [0.2, 0.25) is 6.79 Å². The minimum absolute atomic E-state index is 0.113. The molecule has 0 fully saturated rings. The van der Waals surface area contributed by atoms with Gasteiger partial charge in [-0.05, 0) is 35.4 Å². The number of carbonyl (C=O) groups is 1. The Hall–Kier alpha value is -3.12. The van der Waals surface area contributed by atoms with Crippen LogP contribution >= 0.6 is 0 Å². The first-order chi connectivity index (χ1) is 12.3. The van der Waals surface area contributed by atoms with Gasteiger partial charge in [-0.1, -0.05) is 30.3 Å². The van der Waals surface area contributed by atoms with E-state index in [1.54, 1.807) is 18.2 Å². The molecule has 1 aliphatic rings. The second-order valence-corrected chi connectivity index (χ2v) is 5.37. The number of carbonyl (C=O) groups excluding carboxylic acids is 1. The summed E-state index contributed by atoms with van der Waals surface area (Å²) in [6, 6.07) is 14.8. The number of fused-ring (bicyclic) bond motifs is 1. The second kappa shape index (κ2) is 8.12. The first-order valence-electron chi connectivity index (χ1n) is 7.86. The Labute approximate surface area is 145 Å². The molecule has 128 valence electrons. The number of aliphatic hydroxyl groups excluding tert-OH is 1. The van der Waals surface area contributed by atoms with Crippen LogP contribution in [0, 0.1) is 0 Å². The number of aliphatic hydroxyl groups is 1. The molecule has 6 heteroatoms. The number of nitrogens with one attached hydrogen (secondary N) is 1. The summed E-state index contributed by atoms with van der Waals surface area (Å²) in [4.78, 5) is 12.3. The normalized spacial score (nSPS) is 13.2. The largest absolute Gasteiger partial charge is 0.454 e. The van der Waals surface area contributed by atoms with Crippen molar-refractivity contribution >= 4 is 18.2 Å². The molecule has 2 N–H and O–H groups in total. The predicted molar refractivity (Wildman–Crippen MR) is 94.4 cm³/mol. The summed E-state index contributed by atoms with van der Waals surface area (Å²) in [7, 11) is 0. The molecular weight excluding hydrogens is 320 g/mol. The van der Waals surface area contributed by atoms with Gasteiger partial charge >= 0.3 is 0 Å². The fraction of sp³-hybridized carbons (Fsp3) is 0.158. The Morgan fingerprint density at radius 1 is 1.12 bits per heavy atom. The highest BCUT2D eigenvalue weighted by molar-refractivity contribution is 5.98. The van der Waals surface area contributed by atoms with Gasteiger partial charge in [-0.3, -0.25) is 4.79 Å². The number of hydrazone groups is 1. The highest BCUT2D eigenvalue weighted by atomic mass is 16.7. The predicted octanol–water partition coefficient (Wildman–Crippen LogP) is 2.33. The van der Waals surface area contributed by atoms with Crippen LogP contribution in [0.3, 0.4) is 0 Å². The summed E-state index contributed by atoms with van der Waals surface area (Å²) in [6.45, 7) is 0.0967. The number of hydrogen-bond acceptors (Lipinski definition) is 5. The zero-order chi connectivity index (χ0) is 17.5. The van der Waals surface area contributed by atoms with Crippen molar-refractivity contribution in [2.75, 3.05) is 13.4 Å². The quantitative estimate of drug-likeness (QED) is 0.481. The number of nitrogens with zero attached hydrogens (tertiary/aromatic N) is 1. The molecule has 6 nitrogen and oxygen atoms in total. The van der Waals surface area contributed by atoms with Crippen LogP contribution in [0.25, 0.3) is 6.08 Å². The van der Waals surface area contributed by atoms with E-state index in [0.717, 1.165) is 11.1 Å². The second-order valence-electron chi connectivity index (χ2n) is 5.37. The average molecular weight is 338 g/mol. The third-order valence-electron chi connectivity index (χ3n) is 3.59. The van der Waals surface area contributed by atoms with E-state index >= 15 is 0 Å². The van der Waals surface area contributed by atoms with E-state index in [9.17, 15) is 9.90 Å². The van der Waals surface area contributed by atoms with E-state index in [-0.39, 0.29) is 25.7 Å². The van der Waals surface area contributed by atoms with Crippen molar-refractivity contribution in [3.05, 3.63) is 65.2 Å². The molecule has 25 heavy (non-hydrogen) atoms. The lowest BCUT2D eigenvalue weighted by Crippen LogP contribution is -2.20. The third kappa shape index (κ3) is 4.45. The SMILES string of the molecule is O=C(N/N=C\c1ccc2c(c1)OCO2)/C(=C/c1ccccc1)CCO. The van der Waals surface area contributed by atoms with E-state index in [0.29, 0.717) is 17.1 Å². The van der Waals surface area contributed by atoms with Crippen LogP contribution in [0.1, 0.15) is 17.5 Å². The number of benzene rings is 2. The van der Waals surface area contributed by atoms with E-state index in [1.807, 2.05) is 36.4 Å². The van der Waals surface area contributed by atoms with Gasteiger partial charge in [0, 0.05) is 18.6 Å². The van der Waals surface area contributed by atoms with E-state index < -0.39 is 0 Å². The van der Waals surface area contributed by atoms with Gasteiger partial charge in [-0.2, -0.15) is 5.10 Å². The van der Waals surface area contributed by atoms with Gasteiger partial charge < -0.3 is 14.6 Å². The van der Waals surface area contributed by atoms with E-state index in [1.165, 1.54) is 6.21 Å². The molecule has 0 aliphatic carbocycles. The fourth-order valence-electron chi connectivity index (χ4n) is 2.35. The molecule has 1 aliphatic heterocycles. The molecule has 1 amide bonds. The smallest absolute Gasteiger partial charge is 0.267 e. The number of ether oxygens (including phenoxy) is 2. The van der Waals surface area contributed by atoms with Crippen molar-refractivity contribution in [1.29, 1.82) is 0 Å². The summed E-state index contributed by atoms with van der Waals surface area (Å²) in [5.41, 5.74) is 4.61. The molecule has 0 spiro atoms. The number of amides is 1. The van der Waals surface area contributed by atoms with Gasteiger partial charge in [0.15, 0.2) is 11.5 Å². The van der Waals surface area contributed by atoms with Gasteiger partial charge in [-0.15, -0.1) is 0 Å². The zero-order valence-electron chi connectivity index (χ0n) is 13.5. The molecule has 0 bridgehead atoms. The van der Waals surface area contributed by atoms with Crippen molar-refractivity contribution in [1.82, 2.24) is 5.43 Å². The first-order valence-corrected chi connectivity index (χ1v) is 7.86. The van der Waals surface area contributed by atoms with E-state index in [2.05, 4.69) is 10.5 Å². The lowest BCUT2D eigenvalue weighted by atomic mass is 10.1. The summed E-state index contributed by atoms with van der Waals surface area (Å²) in [5, 5.41) is 13.1. The average Bonchev–Trinajstić information content (AvgIpc) is 3.10. The lowest BCUT2D eigenvalue weighted by Gasteiger charge is -2.05. The molecule has 2 aromatic carbocycles. The maximum Gasteiger partial charge on any atom is 0.267 e. The van der Waals surface area contributed by atoms with E-state index in [4.69, 9.17) is 9.47 Å². The summed E-state index contributed by atoms with van der Waals surface area (Å²) in [5.74, 6) is 0.993. The number of rotatable bonds is 6. The fourth-order valence-corrected chi connectivity index (χ4v) is 2.35. The van der Waals surface area contributed by atoms with Crippen molar-refractivity contribution in [3.8, 4) is 11.5 Å². The Kier molecular flexibility index (Phi) is 5.43. The Morgan fingerprint density at radius 3 is 2.72 bits per heavy atom. The topological polar surface area (TPSA) is 80.2 Å². The molecule has 2 aromatic rings. The van der Waals surface area contributed by atoms with Crippen molar-refractivity contribution in [3.63, 3.8) is 0 Å². The summed E-state index contributed by atoms with van der Waals surface area (Å²) < 4.78 is 10.5. The van der Waals surface area contributed by atoms with Gasteiger partial charge in [0.1, 0.15) is 0 Å². The molecule has 0 radical (unpaired) electrons. The van der Waals surface area contributed by atoms with Crippen molar-refractivity contribution in [2.45, 2.75) is 6.42 Å². The standard InChI is InChI=1S/C19H18N2O4/c22-9-8-16(10-14-4-2-1-3-5-14)19(23)21-20-12-15-6-7-17-18(11-15)25-13-24-17/h1-7,10-12,22H,8-9,13H2,(H,21,23)/b16-10+,20-12-. The van der Waals surface area contributed by atoms with Crippen molar-refractivity contribution < 1.29 is 19.4 Å². The Morgan fingerprint density at radius 2 is 1.92 bits per heavy atom. The highest BCUT2D eigenvalue weighted by Gasteiger charge is 2.12. The Balaban J connectivity index is 1.66. The summed E-state index contributed by atoms with van der Waals surface area (Å²) in [6.07, 6.45) is 3.51. The first kappa shape index (κ1) is 16.7. The number of hydrogen-bond donors (Lipinski definition) is 2. The minimum atomic E-state index is -0.352. The molecule has 0 saturated carbocycles.